The van der Waals surface area contributed by atoms with Crippen LogP contribution >= 0.6 is 22.6 Å². The first-order chi connectivity index (χ1) is 7.10. The predicted molar refractivity (Wildman–Crippen MR) is 74.1 cm³/mol. The van der Waals surface area contributed by atoms with E-state index in [2.05, 4.69) is 29.2 Å². The lowest BCUT2D eigenvalue weighted by Gasteiger charge is -2.41. The molecule has 2 saturated heterocycles. The summed E-state index contributed by atoms with van der Waals surface area (Å²) in [6.45, 7) is 3.68. The van der Waals surface area contributed by atoms with E-state index in [9.17, 15) is 4.79 Å². The molecular formula is C12H18BIO. The first-order valence-corrected chi connectivity index (χ1v) is 7.04. The maximum absolute atomic E-state index is 12.1. The molecule has 0 aromatic heterocycles. The van der Waals surface area contributed by atoms with Crippen molar-refractivity contribution >= 4 is 35.7 Å². The third-order valence-electron chi connectivity index (χ3n) is 4.17. The Labute approximate surface area is 106 Å². The van der Waals surface area contributed by atoms with Crippen LogP contribution in [0.4, 0.5) is 0 Å². The Balaban J connectivity index is 2.29. The Hall–Kier alpha value is 0.205. The highest BCUT2D eigenvalue weighted by molar-refractivity contribution is 14.1. The summed E-state index contributed by atoms with van der Waals surface area (Å²) in [5.74, 6) is 0.310. The van der Waals surface area contributed by atoms with E-state index in [4.69, 9.17) is 0 Å². The first-order valence-electron chi connectivity index (χ1n) is 5.96. The van der Waals surface area contributed by atoms with Gasteiger partial charge in [-0.25, -0.2) is 0 Å². The van der Waals surface area contributed by atoms with Gasteiger partial charge in [0.1, 0.15) is 0 Å². The summed E-state index contributed by atoms with van der Waals surface area (Å²) in [5, 5.41) is -0.0301. The number of fused-ring (bicyclic) bond motifs is 2. The van der Waals surface area contributed by atoms with E-state index in [-0.39, 0.29) is 5.31 Å². The van der Waals surface area contributed by atoms with E-state index in [1.807, 2.05) is 0 Å². The number of ketones is 1. The number of carbonyl (C=O) groups excluding carboxylic acids is 1. The standard InChI is InChI=1S/C12H18BIO/c1-2-10(15)11-6-3-4-8-12(14,13-11)9-5-7-11/h2,13H,1,3-9H2. The Kier molecular flexibility index (Phi) is 3.29. The smallest absolute Gasteiger partial charge is 0.157 e. The van der Waals surface area contributed by atoms with Crippen LogP contribution in [0.5, 0.6) is 0 Å². The Morgan fingerprint density at radius 1 is 1.20 bits per heavy atom. The number of hydrogen-bond donors (Lipinski definition) is 0. The molecule has 1 nitrogen and oxygen atoms in total. The van der Waals surface area contributed by atoms with Gasteiger partial charge in [0.25, 0.3) is 0 Å². The second-order valence-corrected chi connectivity index (χ2v) is 7.53. The van der Waals surface area contributed by atoms with Crippen molar-refractivity contribution in [2.45, 2.75) is 53.6 Å². The average Bonchev–Trinajstić information content (AvgIpc) is 2.34. The van der Waals surface area contributed by atoms with Gasteiger partial charge in [0.15, 0.2) is 13.1 Å². The topological polar surface area (TPSA) is 17.1 Å². The molecule has 0 spiro atoms. The molecule has 0 radical (unpaired) electrons. The maximum Gasteiger partial charge on any atom is 0.157 e. The highest BCUT2D eigenvalue weighted by Gasteiger charge is 2.48. The largest absolute Gasteiger partial charge is 0.295 e. The van der Waals surface area contributed by atoms with Gasteiger partial charge in [0.05, 0.1) is 0 Å². The van der Waals surface area contributed by atoms with Crippen LogP contribution in [-0.4, -0.2) is 16.4 Å². The van der Waals surface area contributed by atoms with Gasteiger partial charge < -0.3 is 0 Å². The van der Waals surface area contributed by atoms with E-state index in [0.29, 0.717) is 9.10 Å². The first kappa shape index (κ1) is 11.7. The van der Waals surface area contributed by atoms with Crippen molar-refractivity contribution in [2.24, 2.45) is 0 Å². The minimum Gasteiger partial charge on any atom is -0.295 e. The number of rotatable bonds is 2. The normalized spacial score (nSPS) is 40.1. The van der Waals surface area contributed by atoms with E-state index in [1.54, 1.807) is 6.08 Å². The molecule has 2 unspecified atom stereocenters. The number of carbonyl (C=O) groups is 1. The minimum atomic E-state index is -0.0301. The molecule has 2 bridgehead atoms. The van der Waals surface area contributed by atoms with Crippen molar-refractivity contribution in [1.29, 1.82) is 0 Å². The van der Waals surface area contributed by atoms with Crippen LogP contribution in [0, 0.1) is 0 Å². The summed E-state index contributed by atoms with van der Waals surface area (Å²) in [4.78, 5) is 12.1. The predicted octanol–water partition coefficient (Wildman–Crippen LogP) is 3.23. The van der Waals surface area contributed by atoms with Crippen molar-refractivity contribution in [3.63, 3.8) is 0 Å². The third-order valence-corrected chi connectivity index (χ3v) is 5.63. The van der Waals surface area contributed by atoms with Crippen LogP contribution in [-0.2, 0) is 4.79 Å². The van der Waals surface area contributed by atoms with Crippen LogP contribution in [0.3, 0.4) is 0 Å². The van der Waals surface area contributed by atoms with Crippen molar-refractivity contribution in [1.82, 2.24) is 0 Å². The van der Waals surface area contributed by atoms with Crippen LogP contribution < -0.4 is 0 Å². The molecule has 15 heavy (non-hydrogen) atoms. The third kappa shape index (κ3) is 2.17. The summed E-state index contributed by atoms with van der Waals surface area (Å²) in [7, 11) is 1.10. The number of hydrogen-bond acceptors (Lipinski definition) is 1. The zero-order chi connectivity index (χ0) is 10.9. The molecule has 2 rings (SSSR count). The lowest BCUT2D eigenvalue weighted by molar-refractivity contribution is -0.118. The fourth-order valence-electron chi connectivity index (χ4n) is 3.41. The van der Waals surface area contributed by atoms with E-state index in [0.717, 1.165) is 20.1 Å². The van der Waals surface area contributed by atoms with Gasteiger partial charge in [0.2, 0.25) is 0 Å². The SMILES string of the molecule is C=CC(=O)C12BC(I)(CCCC1)CCC2. The van der Waals surface area contributed by atoms with Crippen molar-refractivity contribution in [3.05, 3.63) is 12.7 Å². The second-order valence-electron chi connectivity index (χ2n) is 5.24. The highest BCUT2D eigenvalue weighted by Crippen LogP contribution is 2.52. The second kappa shape index (κ2) is 4.23. The molecule has 0 aromatic rings. The molecule has 2 heterocycles. The zero-order valence-corrected chi connectivity index (χ0v) is 11.4. The molecule has 2 aliphatic heterocycles. The van der Waals surface area contributed by atoms with Crippen LogP contribution in [0.2, 0.25) is 5.31 Å². The van der Waals surface area contributed by atoms with Crippen LogP contribution in [0.25, 0.3) is 0 Å². The van der Waals surface area contributed by atoms with Crippen LogP contribution in [0.1, 0.15) is 44.9 Å². The number of halogens is 1. The van der Waals surface area contributed by atoms with Gasteiger partial charge in [-0.2, -0.15) is 0 Å². The Morgan fingerprint density at radius 3 is 2.53 bits per heavy atom. The summed E-state index contributed by atoms with van der Waals surface area (Å²) >= 11 is 2.62. The molecule has 3 heteroatoms. The Bertz CT molecular complexity index is 291. The lowest BCUT2D eigenvalue weighted by atomic mass is 9.38. The molecule has 0 saturated carbocycles. The van der Waals surface area contributed by atoms with Gasteiger partial charge >= 0.3 is 0 Å². The monoisotopic (exact) mass is 316 g/mol. The quantitative estimate of drug-likeness (QED) is 0.331. The van der Waals surface area contributed by atoms with Crippen molar-refractivity contribution < 1.29 is 4.79 Å². The summed E-state index contributed by atoms with van der Waals surface area (Å²) < 4.78 is 0.408. The molecule has 2 atom stereocenters. The minimum absolute atomic E-state index is 0.0301. The molecule has 2 aliphatic rings. The van der Waals surface area contributed by atoms with Gasteiger partial charge in [-0.05, 0) is 35.1 Å². The molecule has 82 valence electrons. The number of allylic oxidation sites excluding steroid dienone is 1. The fraction of sp³-hybridized carbons (Fsp3) is 0.750. The summed E-state index contributed by atoms with van der Waals surface area (Å²) in [5.41, 5.74) is 0. The summed E-state index contributed by atoms with van der Waals surface area (Å²) in [6, 6.07) is 0. The lowest BCUT2D eigenvalue weighted by Crippen LogP contribution is -2.43. The van der Waals surface area contributed by atoms with Crippen molar-refractivity contribution in [2.75, 3.05) is 0 Å². The molecule has 2 fully saturated rings. The van der Waals surface area contributed by atoms with Gasteiger partial charge in [-0.15, -0.1) is 0 Å². The summed E-state index contributed by atoms with van der Waals surface area (Å²) in [6.07, 6.45) is 10.1. The van der Waals surface area contributed by atoms with E-state index >= 15 is 0 Å². The van der Waals surface area contributed by atoms with Crippen molar-refractivity contribution in [3.8, 4) is 0 Å². The molecule has 0 aliphatic carbocycles. The highest BCUT2D eigenvalue weighted by atomic mass is 127. The molecule has 0 amide bonds. The Morgan fingerprint density at radius 2 is 1.80 bits per heavy atom. The average molecular weight is 316 g/mol. The molecule has 0 aromatic carbocycles. The zero-order valence-electron chi connectivity index (χ0n) is 9.23. The van der Waals surface area contributed by atoms with E-state index < -0.39 is 0 Å². The fourth-order valence-corrected chi connectivity index (χ4v) is 4.90. The van der Waals surface area contributed by atoms with E-state index in [1.165, 1.54) is 32.1 Å². The molecule has 0 N–H and O–H groups in total. The number of alkyl halides is 1. The maximum atomic E-state index is 12.1. The van der Waals surface area contributed by atoms with Gasteiger partial charge in [-0.1, -0.05) is 48.4 Å². The van der Waals surface area contributed by atoms with Gasteiger partial charge in [-0.3, -0.25) is 4.79 Å². The van der Waals surface area contributed by atoms with Crippen LogP contribution in [0.15, 0.2) is 12.7 Å². The molecular weight excluding hydrogens is 298 g/mol. The van der Waals surface area contributed by atoms with Gasteiger partial charge in [0, 0.05) is 5.31 Å².